The van der Waals surface area contributed by atoms with Crippen LogP contribution in [0.15, 0.2) is 38.4 Å². The van der Waals surface area contributed by atoms with Crippen molar-refractivity contribution >= 4 is 22.7 Å². The SMILES string of the molecule is O=c1oc2ccccc2c2c1S[C@@H](C(F)(F)F)C2. The number of rotatable bonds is 0. The lowest BCUT2D eigenvalue weighted by Gasteiger charge is -2.11. The zero-order valence-electron chi connectivity index (χ0n) is 8.95. The Balaban J connectivity index is 2.21. The van der Waals surface area contributed by atoms with Crippen molar-refractivity contribution in [1.82, 2.24) is 0 Å². The molecule has 1 aliphatic rings. The molecular formula is C12H7F3O2S. The van der Waals surface area contributed by atoms with Crippen LogP contribution in [0.5, 0.6) is 0 Å². The smallest absolute Gasteiger partial charge is 0.401 e. The molecule has 0 N–H and O–H groups in total. The number of benzene rings is 1. The van der Waals surface area contributed by atoms with E-state index in [1.54, 1.807) is 24.3 Å². The maximum Gasteiger partial charge on any atom is 0.401 e. The lowest BCUT2D eigenvalue weighted by atomic mass is 10.1. The fourth-order valence-electron chi connectivity index (χ4n) is 2.07. The second kappa shape index (κ2) is 3.78. The van der Waals surface area contributed by atoms with Gasteiger partial charge in [0.05, 0.1) is 4.90 Å². The van der Waals surface area contributed by atoms with Gasteiger partial charge >= 0.3 is 11.8 Å². The van der Waals surface area contributed by atoms with Gasteiger partial charge in [0.25, 0.3) is 0 Å². The average molecular weight is 272 g/mol. The van der Waals surface area contributed by atoms with Crippen LogP contribution in [0.2, 0.25) is 0 Å². The number of hydrogen-bond acceptors (Lipinski definition) is 3. The monoisotopic (exact) mass is 272 g/mol. The minimum Gasteiger partial charge on any atom is -0.422 e. The molecule has 0 aliphatic carbocycles. The van der Waals surface area contributed by atoms with Gasteiger partial charge in [0.15, 0.2) is 0 Å². The van der Waals surface area contributed by atoms with Crippen molar-refractivity contribution in [3.05, 3.63) is 40.2 Å². The first-order chi connectivity index (χ1) is 8.47. The van der Waals surface area contributed by atoms with E-state index >= 15 is 0 Å². The Morgan fingerprint density at radius 1 is 1.28 bits per heavy atom. The van der Waals surface area contributed by atoms with Crippen LogP contribution in [0.1, 0.15) is 5.56 Å². The molecule has 0 bridgehead atoms. The Bertz CT molecular complexity index is 675. The Hall–Kier alpha value is -1.43. The van der Waals surface area contributed by atoms with Crippen molar-refractivity contribution in [1.29, 1.82) is 0 Å². The molecule has 1 aliphatic heterocycles. The predicted octanol–water partition coefficient (Wildman–Crippen LogP) is 3.37. The minimum atomic E-state index is -4.31. The second-order valence-corrected chi connectivity index (χ2v) is 5.26. The summed E-state index contributed by atoms with van der Waals surface area (Å²) in [6.45, 7) is 0. The van der Waals surface area contributed by atoms with Crippen molar-refractivity contribution < 1.29 is 17.6 Å². The fourth-order valence-corrected chi connectivity index (χ4v) is 3.21. The van der Waals surface area contributed by atoms with Gasteiger partial charge in [0, 0.05) is 5.39 Å². The van der Waals surface area contributed by atoms with Gasteiger partial charge in [-0.1, -0.05) is 18.2 Å². The molecule has 0 fully saturated rings. The van der Waals surface area contributed by atoms with Crippen LogP contribution in [0.3, 0.4) is 0 Å². The number of hydrogen-bond donors (Lipinski definition) is 0. The second-order valence-electron chi connectivity index (χ2n) is 4.05. The largest absolute Gasteiger partial charge is 0.422 e. The van der Waals surface area contributed by atoms with E-state index in [0.29, 0.717) is 28.3 Å². The van der Waals surface area contributed by atoms with Gasteiger partial charge in [-0.05, 0) is 18.1 Å². The van der Waals surface area contributed by atoms with Crippen LogP contribution < -0.4 is 5.63 Å². The highest BCUT2D eigenvalue weighted by Crippen LogP contribution is 2.45. The van der Waals surface area contributed by atoms with Crippen molar-refractivity contribution in [2.75, 3.05) is 0 Å². The van der Waals surface area contributed by atoms with E-state index in [-0.39, 0.29) is 11.3 Å². The van der Waals surface area contributed by atoms with Crippen molar-refractivity contribution in [3.8, 4) is 0 Å². The first kappa shape index (κ1) is 11.6. The zero-order valence-corrected chi connectivity index (χ0v) is 9.77. The third-order valence-electron chi connectivity index (χ3n) is 2.89. The highest BCUT2D eigenvalue weighted by Gasteiger charge is 2.45. The number of fused-ring (bicyclic) bond motifs is 3. The highest BCUT2D eigenvalue weighted by atomic mass is 32.2. The molecule has 6 heteroatoms. The van der Waals surface area contributed by atoms with E-state index in [1.807, 2.05) is 0 Å². The molecule has 94 valence electrons. The van der Waals surface area contributed by atoms with E-state index in [9.17, 15) is 18.0 Å². The number of alkyl halides is 3. The van der Waals surface area contributed by atoms with Crippen molar-refractivity contribution in [2.24, 2.45) is 0 Å². The van der Waals surface area contributed by atoms with Crippen LogP contribution in [0, 0.1) is 0 Å². The van der Waals surface area contributed by atoms with E-state index in [4.69, 9.17) is 4.42 Å². The first-order valence-electron chi connectivity index (χ1n) is 5.25. The summed E-state index contributed by atoms with van der Waals surface area (Å²) in [4.78, 5) is 11.7. The van der Waals surface area contributed by atoms with Crippen molar-refractivity contribution in [2.45, 2.75) is 22.7 Å². The van der Waals surface area contributed by atoms with Gasteiger partial charge in [-0.15, -0.1) is 11.8 Å². The number of para-hydroxylation sites is 1. The molecule has 1 aromatic heterocycles. The summed E-state index contributed by atoms with van der Waals surface area (Å²) in [5, 5.41) is -0.965. The van der Waals surface area contributed by atoms with Crippen molar-refractivity contribution in [3.63, 3.8) is 0 Å². The van der Waals surface area contributed by atoms with Crippen LogP contribution in [-0.4, -0.2) is 11.4 Å². The molecule has 1 atom stereocenters. The zero-order chi connectivity index (χ0) is 12.9. The van der Waals surface area contributed by atoms with Gasteiger partial charge in [-0.3, -0.25) is 0 Å². The third kappa shape index (κ3) is 1.71. The van der Waals surface area contributed by atoms with Crippen LogP contribution in [0.25, 0.3) is 11.0 Å². The molecule has 0 spiro atoms. The maximum absolute atomic E-state index is 12.7. The van der Waals surface area contributed by atoms with E-state index in [0.717, 1.165) is 0 Å². The average Bonchev–Trinajstić information content (AvgIpc) is 2.74. The minimum absolute atomic E-state index is 0.0935. The van der Waals surface area contributed by atoms with Gasteiger partial charge in [0.1, 0.15) is 10.8 Å². The van der Waals surface area contributed by atoms with Gasteiger partial charge in [-0.25, -0.2) is 4.79 Å². The molecule has 0 saturated carbocycles. The third-order valence-corrected chi connectivity index (χ3v) is 4.26. The first-order valence-corrected chi connectivity index (χ1v) is 6.13. The molecule has 0 amide bonds. The normalized spacial score (nSPS) is 19.2. The molecule has 2 aromatic rings. The summed E-state index contributed by atoms with van der Waals surface area (Å²) < 4.78 is 43.1. The maximum atomic E-state index is 12.7. The Morgan fingerprint density at radius 3 is 2.72 bits per heavy atom. The molecular weight excluding hydrogens is 265 g/mol. The predicted molar refractivity (Wildman–Crippen MR) is 61.9 cm³/mol. The molecule has 18 heavy (non-hydrogen) atoms. The lowest BCUT2D eigenvalue weighted by Crippen LogP contribution is -2.24. The highest BCUT2D eigenvalue weighted by molar-refractivity contribution is 8.00. The summed E-state index contributed by atoms with van der Waals surface area (Å²) >= 11 is 0.553. The fraction of sp³-hybridized carbons (Fsp3) is 0.250. The van der Waals surface area contributed by atoms with E-state index in [1.165, 1.54) is 0 Å². The van der Waals surface area contributed by atoms with E-state index < -0.39 is 17.1 Å². The molecule has 0 saturated heterocycles. The Labute approximate surface area is 104 Å². The van der Waals surface area contributed by atoms with Gasteiger partial charge in [-0.2, -0.15) is 13.2 Å². The van der Waals surface area contributed by atoms with Crippen LogP contribution in [0.4, 0.5) is 13.2 Å². The quantitative estimate of drug-likeness (QED) is 0.689. The van der Waals surface area contributed by atoms with Gasteiger partial charge in [0.2, 0.25) is 0 Å². The summed E-state index contributed by atoms with van der Waals surface area (Å²) in [5.41, 5.74) is 0.110. The summed E-state index contributed by atoms with van der Waals surface area (Å²) in [6, 6.07) is 6.66. The summed E-state index contributed by atoms with van der Waals surface area (Å²) in [7, 11) is 0. The molecule has 3 rings (SSSR count). The molecule has 2 heterocycles. The van der Waals surface area contributed by atoms with E-state index in [2.05, 4.69) is 0 Å². The molecule has 2 nitrogen and oxygen atoms in total. The topological polar surface area (TPSA) is 30.2 Å². The Morgan fingerprint density at radius 2 is 2.00 bits per heavy atom. The summed E-state index contributed by atoms with van der Waals surface area (Å²) in [6.07, 6.45) is -4.48. The number of halogens is 3. The standard InChI is InChI=1S/C12H7F3O2S/c13-12(14,15)9-5-7-6-3-1-2-4-8(6)17-11(16)10(7)18-9/h1-4,9H,5H2/t9-/m1/s1. The molecule has 0 unspecified atom stereocenters. The number of thioether (sulfide) groups is 1. The summed E-state index contributed by atoms with van der Waals surface area (Å²) in [5.74, 6) is 0. The molecule has 0 radical (unpaired) electrons. The van der Waals surface area contributed by atoms with Crippen LogP contribution >= 0.6 is 11.8 Å². The molecule has 1 aromatic carbocycles. The van der Waals surface area contributed by atoms with Gasteiger partial charge < -0.3 is 4.42 Å². The Kier molecular flexibility index (Phi) is 2.45. The van der Waals surface area contributed by atoms with Crippen LogP contribution in [-0.2, 0) is 6.42 Å². The lowest BCUT2D eigenvalue weighted by molar-refractivity contribution is -0.127.